The number of rotatable bonds is 1. The second-order valence-corrected chi connectivity index (χ2v) is 4.25. The zero-order valence-electron chi connectivity index (χ0n) is 7.71. The van der Waals surface area contributed by atoms with E-state index >= 15 is 0 Å². The van der Waals surface area contributed by atoms with E-state index in [-0.39, 0.29) is 0 Å². The van der Waals surface area contributed by atoms with Crippen LogP contribution in [0.15, 0.2) is 24.4 Å². The maximum atomic E-state index is 5.82. The smallest absolute Gasteiger partial charge is 0.0742 e. The number of nitrogens with one attached hydrogen (secondary N) is 1. The summed E-state index contributed by atoms with van der Waals surface area (Å²) < 4.78 is 1.18. The van der Waals surface area contributed by atoms with E-state index in [1.807, 2.05) is 19.2 Å². The Morgan fingerprint density at radius 2 is 2.21 bits per heavy atom. The quantitative estimate of drug-likeness (QED) is 0.795. The maximum absolute atomic E-state index is 5.82. The van der Waals surface area contributed by atoms with E-state index in [4.69, 9.17) is 5.73 Å². The maximum Gasteiger partial charge on any atom is 0.0742 e. The Kier molecular flexibility index (Phi) is 2.45. The fraction of sp³-hybridized carbons (Fsp3) is 0.100. The van der Waals surface area contributed by atoms with Crippen LogP contribution in [-0.4, -0.2) is 12.0 Å². The lowest BCUT2D eigenvalue weighted by Crippen LogP contribution is -1.98. The average molecular weight is 299 g/mol. The molecule has 3 nitrogen and oxygen atoms in total. The van der Waals surface area contributed by atoms with Gasteiger partial charge in [0.1, 0.15) is 0 Å². The zero-order chi connectivity index (χ0) is 10.1. The SMILES string of the molecule is CNc1c(N)cnc2ccc(I)cc12. The minimum atomic E-state index is 0.682. The Hall–Kier alpha value is -1.04. The highest BCUT2D eigenvalue weighted by Crippen LogP contribution is 2.28. The molecule has 1 heterocycles. The van der Waals surface area contributed by atoms with Gasteiger partial charge in [0.25, 0.3) is 0 Å². The van der Waals surface area contributed by atoms with Gasteiger partial charge in [-0.3, -0.25) is 4.98 Å². The van der Waals surface area contributed by atoms with Gasteiger partial charge >= 0.3 is 0 Å². The topological polar surface area (TPSA) is 50.9 Å². The largest absolute Gasteiger partial charge is 0.396 e. The number of aromatic nitrogens is 1. The zero-order valence-corrected chi connectivity index (χ0v) is 9.87. The number of nitrogen functional groups attached to an aromatic ring is 1. The van der Waals surface area contributed by atoms with Gasteiger partial charge in [0.15, 0.2) is 0 Å². The monoisotopic (exact) mass is 299 g/mol. The van der Waals surface area contributed by atoms with Crippen LogP contribution in [0.1, 0.15) is 0 Å². The number of hydrogen-bond acceptors (Lipinski definition) is 3. The molecule has 1 aromatic heterocycles. The fourth-order valence-electron chi connectivity index (χ4n) is 1.46. The summed E-state index contributed by atoms with van der Waals surface area (Å²) in [6.45, 7) is 0. The Balaban J connectivity index is 2.84. The molecule has 2 aromatic rings. The van der Waals surface area contributed by atoms with Gasteiger partial charge in [-0.15, -0.1) is 0 Å². The molecule has 0 aliphatic carbocycles. The third-order valence-electron chi connectivity index (χ3n) is 2.11. The molecule has 0 saturated carbocycles. The number of nitrogens with zero attached hydrogens (tertiary/aromatic N) is 1. The summed E-state index contributed by atoms with van der Waals surface area (Å²) in [7, 11) is 1.87. The van der Waals surface area contributed by atoms with Crippen molar-refractivity contribution in [3.05, 3.63) is 28.0 Å². The first-order valence-corrected chi connectivity index (χ1v) is 5.31. The van der Waals surface area contributed by atoms with Crippen LogP contribution in [0.2, 0.25) is 0 Å². The number of anilines is 2. The minimum absolute atomic E-state index is 0.682. The van der Waals surface area contributed by atoms with Crippen molar-refractivity contribution in [1.29, 1.82) is 0 Å². The van der Waals surface area contributed by atoms with Crippen LogP contribution in [0, 0.1) is 3.57 Å². The first kappa shape index (κ1) is 9.51. The predicted molar refractivity (Wildman–Crippen MR) is 68.4 cm³/mol. The lowest BCUT2D eigenvalue weighted by molar-refractivity contribution is 1.39. The summed E-state index contributed by atoms with van der Waals surface area (Å²) in [5.74, 6) is 0. The van der Waals surface area contributed by atoms with Gasteiger partial charge in [-0.05, 0) is 40.8 Å². The summed E-state index contributed by atoms with van der Waals surface area (Å²) in [6.07, 6.45) is 1.68. The normalized spacial score (nSPS) is 10.4. The van der Waals surface area contributed by atoms with Crippen molar-refractivity contribution >= 4 is 44.9 Å². The number of nitrogens with two attached hydrogens (primary N) is 1. The number of pyridine rings is 1. The van der Waals surface area contributed by atoms with Gasteiger partial charge < -0.3 is 11.1 Å². The van der Waals surface area contributed by atoms with Crippen molar-refractivity contribution in [3.63, 3.8) is 0 Å². The average Bonchev–Trinajstić information content (AvgIpc) is 2.17. The van der Waals surface area contributed by atoms with Gasteiger partial charge in [-0.2, -0.15) is 0 Å². The highest BCUT2D eigenvalue weighted by atomic mass is 127. The summed E-state index contributed by atoms with van der Waals surface area (Å²) in [4.78, 5) is 4.26. The molecule has 1 aromatic carbocycles. The van der Waals surface area contributed by atoms with Gasteiger partial charge in [0, 0.05) is 16.0 Å². The molecule has 72 valence electrons. The highest BCUT2D eigenvalue weighted by Gasteiger charge is 2.04. The number of benzene rings is 1. The first-order chi connectivity index (χ1) is 6.72. The van der Waals surface area contributed by atoms with Crippen LogP contribution < -0.4 is 11.1 Å². The Labute approximate surface area is 95.8 Å². The molecular formula is C10H10IN3. The van der Waals surface area contributed by atoms with E-state index in [2.05, 4.69) is 39.0 Å². The molecule has 0 spiro atoms. The molecule has 0 aliphatic heterocycles. The summed E-state index contributed by atoms with van der Waals surface area (Å²) in [6, 6.07) is 6.11. The van der Waals surface area contributed by atoms with E-state index in [0.29, 0.717) is 5.69 Å². The second kappa shape index (κ2) is 3.61. The van der Waals surface area contributed by atoms with Crippen LogP contribution >= 0.6 is 22.6 Å². The molecule has 0 saturated heterocycles. The Morgan fingerprint density at radius 3 is 2.93 bits per heavy atom. The molecule has 0 bridgehead atoms. The van der Waals surface area contributed by atoms with Crippen LogP contribution in [0.5, 0.6) is 0 Å². The van der Waals surface area contributed by atoms with Crippen LogP contribution in [0.3, 0.4) is 0 Å². The molecule has 0 unspecified atom stereocenters. The van der Waals surface area contributed by atoms with E-state index < -0.39 is 0 Å². The van der Waals surface area contributed by atoms with E-state index in [1.165, 1.54) is 3.57 Å². The molecule has 0 aliphatic rings. The summed E-state index contributed by atoms with van der Waals surface area (Å²) >= 11 is 2.28. The number of hydrogen-bond donors (Lipinski definition) is 2. The van der Waals surface area contributed by atoms with Crippen LogP contribution in [-0.2, 0) is 0 Å². The molecule has 2 rings (SSSR count). The van der Waals surface area contributed by atoms with Crippen molar-refractivity contribution in [2.45, 2.75) is 0 Å². The van der Waals surface area contributed by atoms with E-state index in [9.17, 15) is 0 Å². The van der Waals surface area contributed by atoms with Crippen molar-refractivity contribution < 1.29 is 0 Å². The molecule has 0 atom stereocenters. The number of fused-ring (bicyclic) bond motifs is 1. The molecule has 14 heavy (non-hydrogen) atoms. The van der Waals surface area contributed by atoms with E-state index in [1.54, 1.807) is 6.20 Å². The van der Waals surface area contributed by atoms with Gasteiger partial charge in [0.05, 0.1) is 23.1 Å². The van der Waals surface area contributed by atoms with Crippen molar-refractivity contribution in [3.8, 4) is 0 Å². The van der Waals surface area contributed by atoms with Crippen molar-refractivity contribution in [2.24, 2.45) is 0 Å². The molecule has 4 heteroatoms. The lowest BCUT2D eigenvalue weighted by atomic mass is 10.1. The van der Waals surface area contributed by atoms with Gasteiger partial charge in [0.2, 0.25) is 0 Å². The molecule has 0 fully saturated rings. The van der Waals surface area contributed by atoms with Gasteiger partial charge in [-0.1, -0.05) is 0 Å². The first-order valence-electron chi connectivity index (χ1n) is 4.24. The van der Waals surface area contributed by atoms with Crippen molar-refractivity contribution in [1.82, 2.24) is 4.98 Å². The molecular weight excluding hydrogens is 289 g/mol. The predicted octanol–water partition coefficient (Wildman–Crippen LogP) is 2.46. The fourth-order valence-corrected chi connectivity index (χ4v) is 1.95. The van der Waals surface area contributed by atoms with Crippen LogP contribution in [0.25, 0.3) is 10.9 Å². The highest BCUT2D eigenvalue weighted by molar-refractivity contribution is 14.1. The second-order valence-electron chi connectivity index (χ2n) is 3.00. The summed E-state index contributed by atoms with van der Waals surface area (Å²) in [5, 5.41) is 4.17. The van der Waals surface area contributed by atoms with Crippen molar-refractivity contribution in [2.75, 3.05) is 18.1 Å². The molecule has 0 amide bonds. The third kappa shape index (κ3) is 1.50. The molecule has 3 N–H and O–H groups in total. The minimum Gasteiger partial charge on any atom is -0.396 e. The van der Waals surface area contributed by atoms with Crippen LogP contribution in [0.4, 0.5) is 11.4 Å². The molecule has 0 radical (unpaired) electrons. The summed E-state index contributed by atoms with van der Waals surface area (Å²) in [5.41, 5.74) is 8.42. The van der Waals surface area contributed by atoms with E-state index in [0.717, 1.165) is 16.6 Å². The number of halogens is 1. The Morgan fingerprint density at radius 1 is 1.43 bits per heavy atom. The lowest BCUT2D eigenvalue weighted by Gasteiger charge is -2.08. The van der Waals surface area contributed by atoms with Gasteiger partial charge in [-0.25, -0.2) is 0 Å². The third-order valence-corrected chi connectivity index (χ3v) is 2.78. The standard InChI is InChI=1S/C10H10IN3/c1-13-10-7-4-6(11)2-3-9(7)14-5-8(10)12/h2-5H,12H2,1H3,(H,13,14). The Bertz CT molecular complexity index is 477.